The highest BCUT2D eigenvalue weighted by Gasteiger charge is 2.30. The molecule has 1 aromatic heterocycles. The summed E-state index contributed by atoms with van der Waals surface area (Å²) in [7, 11) is 0. The maximum absolute atomic E-state index is 12.3. The van der Waals surface area contributed by atoms with E-state index in [1.54, 1.807) is 0 Å². The molecule has 0 bridgehead atoms. The fourth-order valence-corrected chi connectivity index (χ4v) is 2.16. The van der Waals surface area contributed by atoms with Crippen molar-refractivity contribution in [3.63, 3.8) is 0 Å². The molecule has 1 aliphatic heterocycles. The van der Waals surface area contributed by atoms with Crippen LogP contribution in [0, 0.1) is 0 Å². The van der Waals surface area contributed by atoms with Crippen LogP contribution in [-0.2, 0) is 9.59 Å². The molecule has 102 valence electrons. The van der Waals surface area contributed by atoms with Crippen LogP contribution < -0.4 is 10.9 Å². The summed E-state index contributed by atoms with van der Waals surface area (Å²) in [6.07, 6.45) is 0.339. The molecule has 8 nitrogen and oxygen atoms in total. The SMILES string of the molecule is O=C1CCC(n2nnc3ccc(O)cc3c2=O)C(=O)N1. The first-order chi connectivity index (χ1) is 9.56. The Morgan fingerprint density at radius 3 is 2.85 bits per heavy atom. The van der Waals surface area contributed by atoms with Crippen molar-refractivity contribution in [1.29, 1.82) is 0 Å². The average molecular weight is 274 g/mol. The predicted molar refractivity (Wildman–Crippen MR) is 66.9 cm³/mol. The number of hydrogen-bond donors (Lipinski definition) is 2. The van der Waals surface area contributed by atoms with Gasteiger partial charge in [0.25, 0.3) is 11.5 Å². The molecule has 0 saturated carbocycles. The van der Waals surface area contributed by atoms with Crippen molar-refractivity contribution in [3.8, 4) is 5.75 Å². The van der Waals surface area contributed by atoms with Crippen LogP contribution >= 0.6 is 0 Å². The fourth-order valence-electron chi connectivity index (χ4n) is 2.16. The van der Waals surface area contributed by atoms with Gasteiger partial charge in [0.15, 0.2) is 0 Å². The second kappa shape index (κ2) is 4.41. The highest BCUT2D eigenvalue weighted by atomic mass is 16.3. The minimum Gasteiger partial charge on any atom is -0.508 e. The third-order valence-corrected chi connectivity index (χ3v) is 3.17. The van der Waals surface area contributed by atoms with Crippen molar-refractivity contribution in [3.05, 3.63) is 28.6 Å². The number of amides is 2. The van der Waals surface area contributed by atoms with E-state index >= 15 is 0 Å². The van der Waals surface area contributed by atoms with E-state index in [0.717, 1.165) is 4.68 Å². The summed E-state index contributed by atoms with van der Waals surface area (Å²) < 4.78 is 0.948. The molecule has 2 amide bonds. The average Bonchev–Trinajstić information content (AvgIpc) is 2.41. The van der Waals surface area contributed by atoms with Gasteiger partial charge < -0.3 is 5.11 Å². The lowest BCUT2D eigenvalue weighted by molar-refractivity contribution is -0.136. The van der Waals surface area contributed by atoms with Gasteiger partial charge in [0.05, 0.1) is 5.39 Å². The zero-order valence-electron chi connectivity index (χ0n) is 10.2. The maximum atomic E-state index is 12.3. The first-order valence-electron chi connectivity index (χ1n) is 5.98. The Bertz CT molecular complexity index is 783. The van der Waals surface area contributed by atoms with E-state index in [4.69, 9.17) is 0 Å². The van der Waals surface area contributed by atoms with E-state index in [-0.39, 0.29) is 29.9 Å². The van der Waals surface area contributed by atoms with Crippen LogP contribution in [0.4, 0.5) is 0 Å². The molecule has 0 radical (unpaired) electrons. The Hall–Kier alpha value is -2.77. The molecule has 1 fully saturated rings. The van der Waals surface area contributed by atoms with E-state index in [9.17, 15) is 19.5 Å². The van der Waals surface area contributed by atoms with Gasteiger partial charge in [0.1, 0.15) is 17.3 Å². The number of rotatable bonds is 1. The van der Waals surface area contributed by atoms with Crippen LogP contribution in [0.3, 0.4) is 0 Å². The van der Waals surface area contributed by atoms with Crippen LogP contribution in [0.1, 0.15) is 18.9 Å². The maximum Gasteiger partial charge on any atom is 0.278 e. The quantitative estimate of drug-likeness (QED) is 0.676. The molecule has 0 aliphatic carbocycles. The molecule has 1 aliphatic rings. The summed E-state index contributed by atoms with van der Waals surface area (Å²) in [6.45, 7) is 0. The van der Waals surface area contributed by atoms with Crippen LogP contribution in [0.25, 0.3) is 10.9 Å². The number of imide groups is 1. The lowest BCUT2D eigenvalue weighted by Crippen LogP contribution is -2.45. The normalized spacial score (nSPS) is 19.1. The summed E-state index contributed by atoms with van der Waals surface area (Å²) in [6, 6.07) is 3.27. The number of carbonyl (C=O) groups is 2. The van der Waals surface area contributed by atoms with Gasteiger partial charge in [-0.3, -0.25) is 19.7 Å². The number of carbonyl (C=O) groups excluding carboxylic acids is 2. The number of nitrogens with zero attached hydrogens (tertiary/aromatic N) is 3. The number of phenols is 1. The van der Waals surface area contributed by atoms with Crippen LogP contribution in [0.5, 0.6) is 5.75 Å². The number of aromatic nitrogens is 3. The molecular weight excluding hydrogens is 264 g/mol. The Morgan fingerprint density at radius 2 is 2.10 bits per heavy atom. The van der Waals surface area contributed by atoms with Crippen molar-refractivity contribution in [2.24, 2.45) is 0 Å². The van der Waals surface area contributed by atoms with E-state index in [2.05, 4.69) is 15.6 Å². The van der Waals surface area contributed by atoms with Crippen molar-refractivity contribution in [2.45, 2.75) is 18.9 Å². The number of nitrogens with one attached hydrogen (secondary N) is 1. The molecule has 0 spiro atoms. The Labute approximate surface area is 112 Å². The first kappa shape index (κ1) is 12.3. The molecule has 2 heterocycles. The van der Waals surface area contributed by atoms with Gasteiger partial charge in [0, 0.05) is 6.42 Å². The highest BCUT2D eigenvalue weighted by molar-refractivity contribution is 5.99. The third kappa shape index (κ3) is 1.91. The van der Waals surface area contributed by atoms with Gasteiger partial charge >= 0.3 is 0 Å². The summed E-state index contributed by atoms with van der Waals surface area (Å²) in [4.78, 5) is 35.1. The lowest BCUT2D eigenvalue weighted by Gasteiger charge is -2.21. The Kier molecular flexibility index (Phi) is 2.70. The number of aromatic hydroxyl groups is 1. The molecule has 1 aromatic carbocycles. The smallest absolute Gasteiger partial charge is 0.278 e. The van der Waals surface area contributed by atoms with Crippen molar-refractivity contribution in [1.82, 2.24) is 20.3 Å². The topological polar surface area (TPSA) is 114 Å². The van der Waals surface area contributed by atoms with Gasteiger partial charge in [-0.15, -0.1) is 5.10 Å². The molecule has 1 saturated heterocycles. The Morgan fingerprint density at radius 1 is 1.30 bits per heavy atom. The lowest BCUT2D eigenvalue weighted by atomic mass is 10.1. The van der Waals surface area contributed by atoms with Crippen molar-refractivity contribution in [2.75, 3.05) is 0 Å². The van der Waals surface area contributed by atoms with Crippen LogP contribution in [0.15, 0.2) is 23.0 Å². The minimum absolute atomic E-state index is 0.0718. The first-order valence-corrected chi connectivity index (χ1v) is 5.98. The molecule has 3 rings (SSSR count). The largest absolute Gasteiger partial charge is 0.508 e. The summed E-state index contributed by atoms with van der Waals surface area (Å²) in [5, 5.41) is 19.3. The standard InChI is InChI=1S/C12H10N4O4/c17-6-1-2-8-7(5-6)12(20)16(15-14-8)9-3-4-10(18)13-11(9)19/h1-2,5,9,17H,3-4H2,(H,13,18,19). The monoisotopic (exact) mass is 274 g/mol. The van der Waals surface area contributed by atoms with Crippen molar-refractivity contribution >= 4 is 22.7 Å². The molecule has 8 heteroatoms. The molecule has 20 heavy (non-hydrogen) atoms. The number of piperidine rings is 1. The van der Waals surface area contributed by atoms with Crippen LogP contribution in [0.2, 0.25) is 0 Å². The zero-order chi connectivity index (χ0) is 14.3. The molecule has 2 N–H and O–H groups in total. The van der Waals surface area contributed by atoms with E-state index in [1.807, 2.05) is 0 Å². The van der Waals surface area contributed by atoms with E-state index in [1.165, 1.54) is 18.2 Å². The minimum atomic E-state index is -0.862. The zero-order valence-corrected chi connectivity index (χ0v) is 10.2. The fraction of sp³-hybridized carbons (Fsp3) is 0.250. The molecule has 1 atom stereocenters. The van der Waals surface area contributed by atoms with E-state index in [0.29, 0.717) is 5.52 Å². The molecule has 1 unspecified atom stereocenters. The second-order valence-corrected chi connectivity index (χ2v) is 4.51. The number of benzene rings is 1. The predicted octanol–water partition coefficient (Wildman–Crippen LogP) is -0.525. The van der Waals surface area contributed by atoms with Gasteiger partial charge in [-0.25, -0.2) is 0 Å². The summed E-state index contributed by atoms with van der Waals surface area (Å²) >= 11 is 0. The van der Waals surface area contributed by atoms with Gasteiger partial charge in [-0.2, -0.15) is 4.68 Å². The highest BCUT2D eigenvalue weighted by Crippen LogP contribution is 2.18. The Balaban J connectivity index is 2.13. The second-order valence-electron chi connectivity index (χ2n) is 4.51. The summed E-state index contributed by atoms with van der Waals surface area (Å²) in [5.41, 5.74) is -0.197. The van der Waals surface area contributed by atoms with Crippen LogP contribution in [-0.4, -0.2) is 31.9 Å². The van der Waals surface area contributed by atoms with Gasteiger partial charge in [-0.05, 0) is 24.6 Å². The number of hydrogen-bond acceptors (Lipinski definition) is 6. The van der Waals surface area contributed by atoms with Gasteiger partial charge in [0.2, 0.25) is 5.91 Å². The van der Waals surface area contributed by atoms with E-state index < -0.39 is 17.5 Å². The molecule has 2 aromatic rings. The van der Waals surface area contributed by atoms with Crippen molar-refractivity contribution < 1.29 is 14.7 Å². The number of phenolic OH excluding ortho intramolecular Hbond substituents is 1. The molecular formula is C12H10N4O4. The third-order valence-electron chi connectivity index (χ3n) is 3.17. The summed E-state index contributed by atoms with van der Waals surface area (Å²) in [5.74, 6) is -1.01. The van der Waals surface area contributed by atoms with Gasteiger partial charge in [-0.1, -0.05) is 5.21 Å². The number of fused-ring (bicyclic) bond motifs is 1.